The number of rotatable bonds is 3. The topological polar surface area (TPSA) is 83.6 Å². The van der Waals surface area contributed by atoms with E-state index in [2.05, 4.69) is 0 Å². The minimum absolute atomic E-state index is 0.0608. The number of ketones is 1. The van der Waals surface area contributed by atoms with Gasteiger partial charge in [0.25, 0.3) is 0 Å². The van der Waals surface area contributed by atoms with Gasteiger partial charge in [-0.05, 0) is 53.6 Å². The summed E-state index contributed by atoms with van der Waals surface area (Å²) in [7, 11) is 0. The predicted molar refractivity (Wildman–Crippen MR) is 89.5 cm³/mol. The Morgan fingerprint density at radius 2 is 1.43 bits per heavy atom. The number of aromatic hydroxyl groups is 2. The van der Waals surface area contributed by atoms with Gasteiger partial charge in [-0.3, -0.25) is 4.79 Å². The third-order valence-electron chi connectivity index (χ3n) is 3.63. The first kappa shape index (κ1) is 14.7. The second-order valence-electron chi connectivity index (χ2n) is 5.19. The van der Waals surface area contributed by atoms with E-state index < -0.39 is 0 Å². The SMILES string of the molecule is Nc1ccccc1C(=O)c1ccc(O)cc1-c1ccc(O)cc1. The number of para-hydroxylation sites is 1. The van der Waals surface area contributed by atoms with Crippen LogP contribution in [0.2, 0.25) is 0 Å². The van der Waals surface area contributed by atoms with Crippen LogP contribution in [0, 0.1) is 0 Å². The average Bonchev–Trinajstić information content (AvgIpc) is 2.55. The van der Waals surface area contributed by atoms with E-state index in [1.165, 1.54) is 24.3 Å². The second-order valence-corrected chi connectivity index (χ2v) is 5.19. The third kappa shape index (κ3) is 2.87. The number of phenolic OH excluding ortho intramolecular Hbond substituents is 2. The average molecular weight is 305 g/mol. The Kier molecular flexibility index (Phi) is 3.73. The number of carbonyl (C=O) groups is 1. The molecule has 0 radical (unpaired) electrons. The molecule has 0 aliphatic heterocycles. The van der Waals surface area contributed by atoms with Gasteiger partial charge in [0.15, 0.2) is 5.78 Å². The summed E-state index contributed by atoms with van der Waals surface area (Å²) < 4.78 is 0. The van der Waals surface area contributed by atoms with Crippen LogP contribution in [0.4, 0.5) is 5.69 Å². The number of phenols is 2. The van der Waals surface area contributed by atoms with Gasteiger partial charge in [-0.2, -0.15) is 0 Å². The fourth-order valence-electron chi connectivity index (χ4n) is 2.46. The van der Waals surface area contributed by atoms with Crippen molar-refractivity contribution in [3.63, 3.8) is 0 Å². The molecule has 0 spiro atoms. The monoisotopic (exact) mass is 305 g/mol. The van der Waals surface area contributed by atoms with Crippen molar-refractivity contribution in [2.45, 2.75) is 0 Å². The molecule has 114 valence electrons. The van der Waals surface area contributed by atoms with E-state index in [-0.39, 0.29) is 17.3 Å². The largest absolute Gasteiger partial charge is 0.508 e. The Bertz CT molecular complexity index is 870. The lowest BCUT2D eigenvalue weighted by Gasteiger charge is -2.11. The standard InChI is InChI=1S/C19H15NO3/c20-18-4-2-1-3-16(18)19(23)15-10-9-14(22)11-17(15)12-5-7-13(21)8-6-12/h1-11,21-22H,20H2. The zero-order valence-electron chi connectivity index (χ0n) is 12.2. The molecule has 0 bridgehead atoms. The zero-order valence-corrected chi connectivity index (χ0v) is 12.2. The molecule has 0 heterocycles. The number of nitrogens with two attached hydrogens (primary N) is 1. The molecule has 4 heteroatoms. The van der Waals surface area contributed by atoms with Gasteiger partial charge in [0.1, 0.15) is 11.5 Å². The maximum Gasteiger partial charge on any atom is 0.195 e. The molecule has 3 aromatic rings. The number of hydrogen-bond acceptors (Lipinski definition) is 4. The van der Waals surface area contributed by atoms with Gasteiger partial charge in [-0.15, -0.1) is 0 Å². The molecule has 0 fully saturated rings. The maximum atomic E-state index is 12.8. The van der Waals surface area contributed by atoms with Crippen LogP contribution in [0.3, 0.4) is 0 Å². The highest BCUT2D eigenvalue weighted by molar-refractivity contribution is 6.15. The van der Waals surface area contributed by atoms with Crippen LogP contribution < -0.4 is 5.73 Å². The number of benzene rings is 3. The third-order valence-corrected chi connectivity index (χ3v) is 3.63. The lowest BCUT2D eigenvalue weighted by atomic mass is 9.93. The van der Waals surface area contributed by atoms with Crippen molar-refractivity contribution < 1.29 is 15.0 Å². The molecule has 0 saturated heterocycles. The van der Waals surface area contributed by atoms with E-state index in [1.807, 2.05) is 0 Å². The first-order valence-electron chi connectivity index (χ1n) is 7.08. The molecule has 0 aliphatic rings. The van der Waals surface area contributed by atoms with Crippen molar-refractivity contribution in [3.05, 3.63) is 77.9 Å². The van der Waals surface area contributed by atoms with E-state index >= 15 is 0 Å². The molecule has 3 aromatic carbocycles. The normalized spacial score (nSPS) is 10.4. The molecule has 0 atom stereocenters. The van der Waals surface area contributed by atoms with E-state index in [1.54, 1.807) is 42.5 Å². The Morgan fingerprint density at radius 3 is 2.13 bits per heavy atom. The van der Waals surface area contributed by atoms with Gasteiger partial charge in [0, 0.05) is 16.8 Å². The molecule has 4 N–H and O–H groups in total. The van der Waals surface area contributed by atoms with Crippen molar-refractivity contribution in [1.82, 2.24) is 0 Å². The highest BCUT2D eigenvalue weighted by Gasteiger charge is 2.17. The van der Waals surface area contributed by atoms with Crippen LogP contribution in [0.1, 0.15) is 15.9 Å². The van der Waals surface area contributed by atoms with Gasteiger partial charge in [0.2, 0.25) is 0 Å². The highest BCUT2D eigenvalue weighted by Crippen LogP contribution is 2.31. The number of carbonyl (C=O) groups excluding carboxylic acids is 1. The summed E-state index contributed by atoms with van der Waals surface area (Å²) >= 11 is 0. The quantitative estimate of drug-likeness (QED) is 0.510. The summed E-state index contributed by atoms with van der Waals surface area (Å²) in [5.41, 5.74) is 8.45. The molecule has 4 nitrogen and oxygen atoms in total. The Labute approximate surface area is 133 Å². The van der Waals surface area contributed by atoms with Gasteiger partial charge in [0.05, 0.1) is 0 Å². The number of nitrogen functional groups attached to an aromatic ring is 1. The number of anilines is 1. The first-order valence-corrected chi connectivity index (χ1v) is 7.08. The van der Waals surface area contributed by atoms with Crippen LogP contribution >= 0.6 is 0 Å². The van der Waals surface area contributed by atoms with E-state index in [0.717, 1.165) is 5.56 Å². The molecule has 0 saturated carbocycles. The molecule has 0 aliphatic carbocycles. The van der Waals surface area contributed by atoms with E-state index in [9.17, 15) is 15.0 Å². The van der Waals surface area contributed by atoms with Gasteiger partial charge >= 0.3 is 0 Å². The van der Waals surface area contributed by atoms with E-state index in [4.69, 9.17) is 5.73 Å². The lowest BCUT2D eigenvalue weighted by molar-refractivity contribution is 0.104. The Balaban J connectivity index is 2.15. The summed E-state index contributed by atoms with van der Waals surface area (Å²) in [5.74, 6) is -0.0223. The second kappa shape index (κ2) is 5.85. The van der Waals surface area contributed by atoms with Crippen molar-refractivity contribution in [2.75, 3.05) is 5.73 Å². The van der Waals surface area contributed by atoms with Crippen LogP contribution in [0.5, 0.6) is 11.5 Å². The van der Waals surface area contributed by atoms with Crippen molar-refractivity contribution in [3.8, 4) is 22.6 Å². The summed E-state index contributed by atoms with van der Waals surface area (Å²) in [5, 5.41) is 19.2. The molecule has 3 rings (SSSR count). The van der Waals surface area contributed by atoms with Crippen molar-refractivity contribution >= 4 is 11.5 Å². The summed E-state index contributed by atoms with van der Waals surface area (Å²) in [6.45, 7) is 0. The maximum absolute atomic E-state index is 12.8. The number of hydrogen-bond donors (Lipinski definition) is 3. The highest BCUT2D eigenvalue weighted by atomic mass is 16.3. The molecule has 0 aromatic heterocycles. The molecule has 0 unspecified atom stereocenters. The minimum Gasteiger partial charge on any atom is -0.508 e. The molecular weight excluding hydrogens is 290 g/mol. The van der Waals surface area contributed by atoms with Gasteiger partial charge in [-0.1, -0.05) is 24.3 Å². The smallest absolute Gasteiger partial charge is 0.195 e. The predicted octanol–water partition coefficient (Wildman–Crippen LogP) is 3.58. The van der Waals surface area contributed by atoms with Crippen LogP contribution in [-0.4, -0.2) is 16.0 Å². The lowest BCUT2D eigenvalue weighted by Crippen LogP contribution is -2.06. The fraction of sp³-hybridized carbons (Fsp3) is 0. The zero-order chi connectivity index (χ0) is 16.4. The summed E-state index contributed by atoms with van der Waals surface area (Å²) in [6, 6.07) is 17.9. The molecular formula is C19H15NO3. The molecule has 0 amide bonds. The van der Waals surface area contributed by atoms with E-state index in [0.29, 0.717) is 22.4 Å². The van der Waals surface area contributed by atoms with Crippen molar-refractivity contribution in [1.29, 1.82) is 0 Å². The van der Waals surface area contributed by atoms with Gasteiger partial charge in [-0.25, -0.2) is 0 Å². The Hall–Kier alpha value is -3.27. The van der Waals surface area contributed by atoms with Crippen LogP contribution in [0.25, 0.3) is 11.1 Å². The van der Waals surface area contributed by atoms with Crippen molar-refractivity contribution in [2.24, 2.45) is 0 Å². The van der Waals surface area contributed by atoms with Crippen LogP contribution in [0.15, 0.2) is 66.7 Å². The summed E-state index contributed by atoms with van der Waals surface area (Å²) in [4.78, 5) is 12.8. The van der Waals surface area contributed by atoms with Gasteiger partial charge < -0.3 is 15.9 Å². The molecule has 23 heavy (non-hydrogen) atoms. The minimum atomic E-state index is -0.217. The fourth-order valence-corrected chi connectivity index (χ4v) is 2.46. The summed E-state index contributed by atoms with van der Waals surface area (Å²) in [6.07, 6.45) is 0. The Morgan fingerprint density at radius 1 is 0.783 bits per heavy atom. The first-order chi connectivity index (χ1) is 11.1. The van der Waals surface area contributed by atoms with Crippen LogP contribution in [-0.2, 0) is 0 Å².